The Kier molecular flexibility index (Phi) is 4.37. The molecule has 1 aliphatic rings. The second-order valence-corrected chi connectivity index (χ2v) is 6.71. The number of nitrogens with zero attached hydrogens (tertiary/aromatic N) is 3. The number of aromatic nitrogens is 3. The van der Waals surface area contributed by atoms with Crippen molar-refractivity contribution in [3.05, 3.63) is 18.4 Å². The van der Waals surface area contributed by atoms with Crippen LogP contribution in [0.15, 0.2) is 28.0 Å². The first kappa shape index (κ1) is 15.0. The summed E-state index contributed by atoms with van der Waals surface area (Å²) in [4.78, 5) is 12.2. The van der Waals surface area contributed by atoms with Crippen LogP contribution in [0.25, 0.3) is 11.6 Å². The van der Waals surface area contributed by atoms with Crippen molar-refractivity contribution < 1.29 is 9.21 Å². The van der Waals surface area contributed by atoms with E-state index in [2.05, 4.69) is 15.5 Å². The van der Waals surface area contributed by atoms with Gasteiger partial charge in [0.1, 0.15) is 0 Å². The van der Waals surface area contributed by atoms with E-state index in [4.69, 9.17) is 10.3 Å². The van der Waals surface area contributed by atoms with Gasteiger partial charge in [0.05, 0.1) is 11.5 Å². The Morgan fingerprint density at radius 1 is 1.50 bits per heavy atom. The van der Waals surface area contributed by atoms with Gasteiger partial charge in [0.15, 0.2) is 5.76 Å². The van der Waals surface area contributed by atoms with E-state index in [1.54, 1.807) is 18.4 Å². The summed E-state index contributed by atoms with van der Waals surface area (Å²) in [6.07, 6.45) is 6.07. The van der Waals surface area contributed by atoms with Crippen LogP contribution in [-0.2, 0) is 4.79 Å². The maximum Gasteiger partial charge on any atom is 0.233 e. The summed E-state index contributed by atoms with van der Waals surface area (Å²) in [5, 5.41) is 11.3. The highest BCUT2D eigenvalue weighted by molar-refractivity contribution is 8.00. The van der Waals surface area contributed by atoms with E-state index in [1.807, 2.05) is 6.92 Å². The molecule has 0 aliphatic heterocycles. The smallest absolute Gasteiger partial charge is 0.233 e. The van der Waals surface area contributed by atoms with E-state index in [0.29, 0.717) is 22.8 Å². The van der Waals surface area contributed by atoms with E-state index >= 15 is 0 Å². The Balaban J connectivity index is 1.64. The van der Waals surface area contributed by atoms with Crippen LogP contribution in [0, 0.1) is 0 Å². The minimum atomic E-state index is -0.281. The Bertz CT molecular complexity index is 634. The Morgan fingerprint density at radius 3 is 2.95 bits per heavy atom. The van der Waals surface area contributed by atoms with Gasteiger partial charge in [-0.2, -0.15) is 0 Å². The topological polar surface area (TPSA) is 99.0 Å². The molecule has 0 bridgehead atoms. The molecule has 8 heteroatoms. The van der Waals surface area contributed by atoms with Gasteiger partial charge in [0.25, 0.3) is 0 Å². The first-order valence-corrected chi connectivity index (χ1v) is 8.24. The van der Waals surface area contributed by atoms with Gasteiger partial charge in [-0.3, -0.25) is 4.79 Å². The van der Waals surface area contributed by atoms with Crippen LogP contribution in [0.4, 0.5) is 0 Å². The molecular formula is C14H19N5O2S. The molecule has 2 aromatic heterocycles. The highest BCUT2D eigenvalue weighted by Crippen LogP contribution is 2.25. The lowest BCUT2D eigenvalue weighted by Gasteiger charge is -2.15. The molecule has 0 aromatic carbocycles. The standard InChI is InChI=1S/C14H19N5O2S/c1-9(13(20)16-10-5-2-3-6-10)22-14-18-17-12(19(14)15)11-7-4-8-21-11/h4,7-10H,2-3,5-6,15H2,1H3,(H,16,20). The van der Waals surface area contributed by atoms with Gasteiger partial charge in [-0.05, 0) is 31.9 Å². The van der Waals surface area contributed by atoms with E-state index in [9.17, 15) is 4.79 Å². The molecule has 2 heterocycles. The van der Waals surface area contributed by atoms with Crippen molar-refractivity contribution in [2.75, 3.05) is 5.84 Å². The molecule has 1 saturated carbocycles. The predicted octanol–water partition coefficient (Wildman–Crippen LogP) is 1.79. The average molecular weight is 321 g/mol. The molecule has 1 aliphatic carbocycles. The number of nitrogens with one attached hydrogen (secondary N) is 1. The summed E-state index contributed by atoms with van der Waals surface area (Å²) in [5.74, 6) is 6.99. The van der Waals surface area contributed by atoms with Crippen molar-refractivity contribution in [2.45, 2.75) is 49.1 Å². The van der Waals surface area contributed by atoms with E-state index in [-0.39, 0.29) is 11.2 Å². The van der Waals surface area contributed by atoms with E-state index in [0.717, 1.165) is 12.8 Å². The van der Waals surface area contributed by atoms with Gasteiger partial charge in [-0.25, -0.2) is 4.68 Å². The van der Waals surface area contributed by atoms with E-state index in [1.165, 1.54) is 29.3 Å². The summed E-state index contributed by atoms with van der Waals surface area (Å²) in [7, 11) is 0. The summed E-state index contributed by atoms with van der Waals surface area (Å²) in [6, 6.07) is 3.83. The van der Waals surface area contributed by atoms with Crippen molar-refractivity contribution in [3.63, 3.8) is 0 Å². The molecule has 0 spiro atoms. The van der Waals surface area contributed by atoms with Crippen molar-refractivity contribution in [1.82, 2.24) is 20.2 Å². The number of nitrogens with two attached hydrogens (primary N) is 1. The number of rotatable bonds is 5. The van der Waals surface area contributed by atoms with Crippen LogP contribution in [-0.4, -0.2) is 32.1 Å². The predicted molar refractivity (Wildman–Crippen MR) is 83.6 cm³/mol. The summed E-state index contributed by atoms with van der Waals surface area (Å²) < 4.78 is 6.61. The summed E-state index contributed by atoms with van der Waals surface area (Å²) >= 11 is 1.29. The highest BCUT2D eigenvalue weighted by Gasteiger charge is 2.24. The second kappa shape index (κ2) is 6.43. The lowest BCUT2D eigenvalue weighted by atomic mass is 10.2. The number of nitrogen functional groups attached to an aromatic ring is 1. The Labute approximate surface area is 132 Å². The second-order valence-electron chi connectivity index (χ2n) is 5.40. The SMILES string of the molecule is CC(Sc1nnc(-c2ccco2)n1N)C(=O)NC1CCCC1. The molecule has 22 heavy (non-hydrogen) atoms. The fourth-order valence-electron chi connectivity index (χ4n) is 2.53. The molecule has 3 N–H and O–H groups in total. The van der Waals surface area contributed by atoms with Gasteiger partial charge >= 0.3 is 0 Å². The first-order valence-electron chi connectivity index (χ1n) is 7.36. The minimum absolute atomic E-state index is 0.0134. The van der Waals surface area contributed by atoms with Crippen molar-refractivity contribution in [2.24, 2.45) is 0 Å². The maximum atomic E-state index is 12.2. The zero-order chi connectivity index (χ0) is 15.5. The van der Waals surface area contributed by atoms with Gasteiger partial charge in [0, 0.05) is 6.04 Å². The number of furan rings is 1. The van der Waals surface area contributed by atoms with Crippen LogP contribution >= 0.6 is 11.8 Å². The van der Waals surface area contributed by atoms with Gasteiger partial charge in [0.2, 0.25) is 16.9 Å². The fraction of sp³-hybridized carbons (Fsp3) is 0.500. The summed E-state index contributed by atoms with van der Waals surface area (Å²) in [5.41, 5.74) is 0. The summed E-state index contributed by atoms with van der Waals surface area (Å²) in [6.45, 7) is 1.84. The van der Waals surface area contributed by atoms with E-state index < -0.39 is 0 Å². The van der Waals surface area contributed by atoms with Crippen molar-refractivity contribution in [3.8, 4) is 11.6 Å². The normalized spacial score (nSPS) is 16.8. The molecule has 1 fully saturated rings. The zero-order valence-electron chi connectivity index (χ0n) is 12.4. The zero-order valence-corrected chi connectivity index (χ0v) is 13.2. The third-order valence-electron chi connectivity index (χ3n) is 3.76. The molecule has 2 aromatic rings. The van der Waals surface area contributed by atoms with Gasteiger partial charge in [-0.1, -0.05) is 24.6 Å². The average Bonchev–Trinajstić information content (AvgIpc) is 3.22. The largest absolute Gasteiger partial charge is 0.461 e. The quantitative estimate of drug-likeness (QED) is 0.643. The van der Waals surface area contributed by atoms with Gasteiger partial charge < -0.3 is 15.6 Å². The lowest BCUT2D eigenvalue weighted by Crippen LogP contribution is -2.37. The number of thioether (sulfide) groups is 1. The Morgan fingerprint density at radius 2 is 2.27 bits per heavy atom. The number of hydrogen-bond acceptors (Lipinski definition) is 6. The lowest BCUT2D eigenvalue weighted by molar-refractivity contribution is -0.120. The monoisotopic (exact) mass is 321 g/mol. The molecule has 1 amide bonds. The molecular weight excluding hydrogens is 302 g/mol. The highest BCUT2D eigenvalue weighted by atomic mass is 32.2. The molecule has 7 nitrogen and oxygen atoms in total. The van der Waals surface area contributed by atoms with Crippen LogP contribution < -0.4 is 11.2 Å². The number of hydrogen-bond donors (Lipinski definition) is 2. The van der Waals surface area contributed by atoms with Crippen LogP contribution in [0.5, 0.6) is 0 Å². The third kappa shape index (κ3) is 3.11. The van der Waals surface area contributed by atoms with Crippen LogP contribution in [0.1, 0.15) is 32.6 Å². The molecule has 118 valence electrons. The minimum Gasteiger partial charge on any atom is -0.461 e. The number of carbonyl (C=O) groups is 1. The first-order chi connectivity index (χ1) is 10.6. The number of carbonyl (C=O) groups excluding carboxylic acids is 1. The van der Waals surface area contributed by atoms with Crippen LogP contribution in [0.2, 0.25) is 0 Å². The molecule has 3 rings (SSSR count). The van der Waals surface area contributed by atoms with Crippen LogP contribution in [0.3, 0.4) is 0 Å². The maximum absolute atomic E-state index is 12.2. The van der Waals surface area contributed by atoms with Crippen molar-refractivity contribution >= 4 is 17.7 Å². The van der Waals surface area contributed by atoms with Crippen molar-refractivity contribution in [1.29, 1.82) is 0 Å². The molecule has 0 saturated heterocycles. The third-order valence-corrected chi connectivity index (χ3v) is 4.82. The molecule has 0 radical (unpaired) electrons. The molecule has 1 unspecified atom stereocenters. The van der Waals surface area contributed by atoms with Gasteiger partial charge in [-0.15, -0.1) is 10.2 Å². The fourth-order valence-corrected chi connectivity index (χ4v) is 3.31. The molecule has 1 atom stereocenters. The Hall–Kier alpha value is -1.96. The number of amides is 1.